The molecule has 0 radical (unpaired) electrons. The Labute approximate surface area is 130 Å². The molecule has 3 rings (SSSR count). The second kappa shape index (κ2) is 6.69. The minimum atomic E-state index is -0.170. The molecule has 1 atom stereocenters. The van der Waals surface area contributed by atoms with Gasteiger partial charge in [0.05, 0.1) is 18.3 Å². The molecular weight excluding hydrogens is 280 g/mol. The molecule has 112 valence electrons. The molecule has 0 saturated carbocycles. The normalized spacial score (nSPS) is 18.8. The number of hydrogen-bond donors (Lipinski definition) is 1. The van der Waals surface area contributed by atoms with E-state index in [0.29, 0.717) is 5.92 Å². The lowest BCUT2D eigenvalue weighted by atomic mass is 9.92. The van der Waals surface area contributed by atoms with Crippen LogP contribution in [0.4, 0.5) is 0 Å². The Hall–Kier alpha value is -1.23. The van der Waals surface area contributed by atoms with Gasteiger partial charge in [-0.05, 0) is 38.8 Å². The molecule has 1 aromatic heterocycles. The van der Waals surface area contributed by atoms with Crippen LogP contribution in [0.1, 0.15) is 24.8 Å². The van der Waals surface area contributed by atoms with E-state index in [1.807, 2.05) is 13.0 Å². The average Bonchev–Trinajstić information content (AvgIpc) is 2.97. The maximum Gasteiger partial charge on any atom is 0.107 e. The molecule has 0 aliphatic carbocycles. The highest BCUT2D eigenvalue weighted by Crippen LogP contribution is 2.25. The summed E-state index contributed by atoms with van der Waals surface area (Å²) < 4.78 is 0. The first-order valence-corrected chi connectivity index (χ1v) is 8.50. The summed E-state index contributed by atoms with van der Waals surface area (Å²) in [7, 11) is 0. The Morgan fingerprint density at radius 1 is 1.29 bits per heavy atom. The first-order chi connectivity index (χ1) is 10.2. The smallest absolute Gasteiger partial charge is 0.107 e. The zero-order valence-electron chi connectivity index (χ0n) is 12.4. The molecule has 1 unspecified atom stereocenters. The molecule has 2 aromatic rings. The van der Waals surface area contributed by atoms with Crippen molar-refractivity contribution in [1.82, 2.24) is 9.88 Å². The molecule has 0 bridgehead atoms. The van der Waals surface area contributed by atoms with E-state index in [2.05, 4.69) is 34.5 Å². The second-order valence-corrected chi connectivity index (χ2v) is 6.79. The molecular formula is C17H22N2OS. The van der Waals surface area contributed by atoms with Gasteiger partial charge in [-0.25, -0.2) is 4.98 Å². The lowest BCUT2D eigenvalue weighted by molar-refractivity contribution is 0.0695. The number of aliphatic hydroxyl groups is 1. The first-order valence-electron chi connectivity index (χ1n) is 7.62. The van der Waals surface area contributed by atoms with E-state index in [1.54, 1.807) is 11.3 Å². The van der Waals surface area contributed by atoms with Crippen LogP contribution in [0.25, 0.3) is 11.3 Å². The van der Waals surface area contributed by atoms with Gasteiger partial charge in [-0.1, -0.05) is 30.3 Å². The predicted molar refractivity (Wildman–Crippen MR) is 87.2 cm³/mol. The maximum atomic E-state index is 9.65. The number of likely N-dealkylation sites (tertiary alicyclic amines) is 1. The van der Waals surface area contributed by atoms with Crippen molar-refractivity contribution in [3.63, 3.8) is 0 Å². The molecule has 1 fully saturated rings. The molecule has 3 nitrogen and oxygen atoms in total. The molecule has 2 heterocycles. The van der Waals surface area contributed by atoms with E-state index >= 15 is 0 Å². The molecule has 1 N–H and O–H groups in total. The lowest BCUT2D eigenvalue weighted by Crippen LogP contribution is -2.36. The molecule has 1 aromatic carbocycles. The van der Waals surface area contributed by atoms with Crippen LogP contribution in [0.2, 0.25) is 0 Å². The number of aromatic nitrogens is 1. The van der Waals surface area contributed by atoms with Gasteiger partial charge in [-0.15, -0.1) is 11.3 Å². The standard InChI is InChI=1S/C17H22N2OS/c1-13(20)14-7-9-19(10-8-14)11-17-18-16(12-21-17)15-5-3-2-4-6-15/h2-6,12-14,20H,7-11H2,1H3. The Bertz CT molecular complexity index is 559. The summed E-state index contributed by atoms with van der Waals surface area (Å²) in [6.07, 6.45) is 2.01. The van der Waals surface area contributed by atoms with Crippen molar-refractivity contribution in [2.75, 3.05) is 13.1 Å². The molecule has 1 saturated heterocycles. The number of hydrogen-bond acceptors (Lipinski definition) is 4. The summed E-state index contributed by atoms with van der Waals surface area (Å²) in [5.41, 5.74) is 2.27. The van der Waals surface area contributed by atoms with Crippen LogP contribution >= 0.6 is 11.3 Å². The highest BCUT2D eigenvalue weighted by molar-refractivity contribution is 7.09. The van der Waals surface area contributed by atoms with Crippen LogP contribution in [0.5, 0.6) is 0 Å². The molecule has 0 spiro atoms. The van der Waals surface area contributed by atoms with Gasteiger partial charge < -0.3 is 5.11 Å². The molecule has 0 amide bonds. The monoisotopic (exact) mass is 302 g/mol. The average molecular weight is 302 g/mol. The van der Waals surface area contributed by atoms with Gasteiger partial charge >= 0.3 is 0 Å². The summed E-state index contributed by atoms with van der Waals surface area (Å²) >= 11 is 1.74. The van der Waals surface area contributed by atoms with Crippen molar-refractivity contribution in [2.24, 2.45) is 5.92 Å². The number of thiazole rings is 1. The Balaban J connectivity index is 1.59. The van der Waals surface area contributed by atoms with Gasteiger partial charge in [0, 0.05) is 10.9 Å². The topological polar surface area (TPSA) is 36.4 Å². The van der Waals surface area contributed by atoms with Crippen molar-refractivity contribution < 1.29 is 5.11 Å². The van der Waals surface area contributed by atoms with E-state index in [-0.39, 0.29) is 6.10 Å². The minimum absolute atomic E-state index is 0.170. The van der Waals surface area contributed by atoms with Gasteiger partial charge in [-0.2, -0.15) is 0 Å². The molecule has 4 heteroatoms. The number of rotatable bonds is 4. The summed E-state index contributed by atoms with van der Waals surface area (Å²) in [4.78, 5) is 7.21. The zero-order chi connectivity index (χ0) is 14.7. The van der Waals surface area contributed by atoms with Crippen LogP contribution in [0, 0.1) is 5.92 Å². The minimum Gasteiger partial charge on any atom is -0.393 e. The van der Waals surface area contributed by atoms with E-state index < -0.39 is 0 Å². The van der Waals surface area contributed by atoms with E-state index in [1.165, 1.54) is 10.6 Å². The third-order valence-electron chi connectivity index (χ3n) is 4.29. The van der Waals surface area contributed by atoms with E-state index in [0.717, 1.165) is 38.2 Å². The third-order valence-corrected chi connectivity index (χ3v) is 5.13. The summed E-state index contributed by atoms with van der Waals surface area (Å²) in [6, 6.07) is 10.3. The number of aliphatic hydroxyl groups excluding tert-OH is 1. The van der Waals surface area contributed by atoms with E-state index in [9.17, 15) is 5.11 Å². The molecule has 1 aliphatic rings. The van der Waals surface area contributed by atoms with Crippen LogP contribution in [0.15, 0.2) is 35.7 Å². The quantitative estimate of drug-likeness (QED) is 0.940. The summed E-state index contributed by atoms with van der Waals surface area (Å²) in [5, 5.41) is 13.0. The number of nitrogens with zero attached hydrogens (tertiary/aromatic N) is 2. The fourth-order valence-electron chi connectivity index (χ4n) is 2.91. The van der Waals surface area contributed by atoms with Crippen molar-refractivity contribution in [3.8, 4) is 11.3 Å². The Morgan fingerprint density at radius 3 is 2.67 bits per heavy atom. The van der Waals surface area contributed by atoms with E-state index in [4.69, 9.17) is 4.98 Å². The van der Waals surface area contributed by atoms with Gasteiger partial charge in [0.2, 0.25) is 0 Å². The van der Waals surface area contributed by atoms with Gasteiger partial charge in [0.1, 0.15) is 5.01 Å². The predicted octanol–water partition coefficient (Wildman–Crippen LogP) is 3.40. The Kier molecular flexibility index (Phi) is 4.68. The van der Waals surface area contributed by atoms with Crippen molar-refractivity contribution in [1.29, 1.82) is 0 Å². The summed E-state index contributed by atoms with van der Waals surface area (Å²) in [5.74, 6) is 0.470. The van der Waals surface area contributed by atoms with Gasteiger partial charge in [-0.3, -0.25) is 4.90 Å². The number of piperidine rings is 1. The Morgan fingerprint density at radius 2 is 2.00 bits per heavy atom. The zero-order valence-corrected chi connectivity index (χ0v) is 13.2. The van der Waals surface area contributed by atoms with Crippen LogP contribution in [0.3, 0.4) is 0 Å². The summed E-state index contributed by atoms with van der Waals surface area (Å²) in [6.45, 7) is 4.98. The van der Waals surface area contributed by atoms with Crippen molar-refractivity contribution in [2.45, 2.75) is 32.4 Å². The molecule has 21 heavy (non-hydrogen) atoms. The van der Waals surface area contributed by atoms with Gasteiger partial charge in [0.15, 0.2) is 0 Å². The highest BCUT2D eigenvalue weighted by Gasteiger charge is 2.23. The second-order valence-electron chi connectivity index (χ2n) is 5.85. The first kappa shape index (κ1) is 14.7. The maximum absolute atomic E-state index is 9.65. The van der Waals surface area contributed by atoms with Crippen LogP contribution in [-0.4, -0.2) is 34.2 Å². The van der Waals surface area contributed by atoms with Crippen molar-refractivity contribution in [3.05, 3.63) is 40.7 Å². The van der Waals surface area contributed by atoms with Crippen LogP contribution in [-0.2, 0) is 6.54 Å². The largest absolute Gasteiger partial charge is 0.393 e. The fourth-order valence-corrected chi connectivity index (χ4v) is 3.75. The van der Waals surface area contributed by atoms with Crippen molar-refractivity contribution >= 4 is 11.3 Å². The molecule has 1 aliphatic heterocycles. The highest BCUT2D eigenvalue weighted by atomic mass is 32.1. The lowest BCUT2D eigenvalue weighted by Gasteiger charge is -2.32. The number of benzene rings is 1. The van der Waals surface area contributed by atoms with Crippen LogP contribution < -0.4 is 0 Å². The van der Waals surface area contributed by atoms with Gasteiger partial charge in [0.25, 0.3) is 0 Å². The SMILES string of the molecule is CC(O)C1CCN(Cc2nc(-c3ccccc3)cs2)CC1. The fraction of sp³-hybridized carbons (Fsp3) is 0.471. The third kappa shape index (κ3) is 3.70.